The zero-order chi connectivity index (χ0) is 23.0. The molecule has 0 spiro atoms. The SMILES string of the molecule is COc1ccc(OCCn2c(C(C)NC(=O)CCc3ccccc3)nc3ccccc32)cc1. The number of fused-ring (bicyclic) bond motifs is 1. The van der Waals surface area contributed by atoms with Crippen molar-refractivity contribution in [3.05, 3.63) is 90.3 Å². The molecule has 0 saturated carbocycles. The van der Waals surface area contributed by atoms with Crippen LogP contribution in [-0.2, 0) is 17.8 Å². The van der Waals surface area contributed by atoms with E-state index in [0.717, 1.165) is 33.9 Å². The highest BCUT2D eigenvalue weighted by atomic mass is 16.5. The summed E-state index contributed by atoms with van der Waals surface area (Å²) in [6.07, 6.45) is 1.15. The number of benzene rings is 3. The largest absolute Gasteiger partial charge is 0.497 e. The van der Waals surface area contributed by atoms with Gasteiger partial charge in [-0.2, -0.15) is 0 Å². The molecule has 0 radical (unpaired) electrons. The molecule has 1 N–H and O–H groups in total. The number of nitrogens with zero attached hydrogens (tertiary/aromatic N) is 2. The fraction of sp³-hybridized carbons (Fsp3) is 0.259. The van der Waals surface area contributed by atoms with Crippen molar-refractivity contribution in [1.82, 2.24) is 14.9 Å². The van der Waals surface area contributed by atoms with Crippen LogP contribution in [0.15, 0.2) is 78.9 Å². The lowest BCUT2D eigenvalue weighted by molar-refractivity contribution is -0.121. The molecule has 0 fully saturated rings. The van der Waals surface area contributed by atoms with Gasteiger partial charge in [-0.3, -0.25) is 4.79 Å². The standard InChI is InChI=1S/C27H29N3O3/c1-20(28-26(31)17-12-21-8-4-3-5-9-21)27-29-24-10-6-7-11-25(24)30(27)18-19-33-23-15-13-22(32-2)14-16-23/h3-11,13-16,20H,12,17-19H2,1-2H3,(H,28,31). The molecule has 0 aliphatic rings. The van der Waals surface area contributed by atoms with Crippen LogP contribution in [0.25, 0.3) is 11.0 Å². The quantitative estimate of drug-likeness (QED) is 0.377. The first kappa shape index (κ1) is 22.4. The van der Waals surface area contributed by atoms with Crippen LogP contribution in [0.5, 0.6) is 11.5 Å². The molecule has 1 atom stereocenters. The lowest BCUT2D eigenvalue weighted by atomic mass is 10.1. The fourth-order valence-electron chi connectivity index (χ4n) is 3.87. The number of hydrogen-bond acceptors (Lipinski definition) is 4. The molecule has 0 bridgehead atoms. The zero-order valence-electron chi connectivity index (χ0n) is 19.0. The van der Waals surface area contributed by atoms with E-state index in [1.165, 1.54) is 0 Å². The Balaban J connectivity index is 1.42. The summed E-state index contributed by atoms with van der Waals surface area (Å²) < 4.78 is 13.3. The summed E-state index contributed by atoms with van der Waals surface area (Å²) in [4.78, 5) is 17.4. The molecule has 0 saturated heterocycles. The van der Waals surface area contributed by atoms with Crippen molar-refractivity contribution < 1.29 is 14.3 Å². The number of methoxy groups -OCH3 is 1. The average molecular weight is 444 g/mol. The van der Waals surface area contributed by atoms with Gasteiger partial charge in [0.15, 0.2) is 0 Å². The van der Waals surface area contributed by atoms with Gasteiger partial charge >= 0.3 is 0 Å². The molecule has 1 aromatic heterocycles. The van der Waals surface area contributed by atoms with Crippen molar-refractivity contribution >= 4 is 16.9 Å². The van der Waals surface area contributed by atoms with Crippen LogP contribution < -0.4 is 14.8 Å². The Labute approximate surface area is 194 Å². The summed E-state index contributed by atoms with van der Waals surface area (Å²) >= 11 is 0. The van der Waals surface area contributed by atoms with Gasteiger partial charge in [-0.05, 0) is 55.3 Å². The van der Waals surface area contributed by atoms with E-state index in [1.54, 1.807) is 7.11 Å². The Bertz CT molecular complexity index is 1190. The molecule has 1 unspecified atom stereocenters. The second-order valence-electron chi connectivity index (χ2n) is 7.91. The summed E-state index contributed by atoms with van der Waals surface area (Å²) in [7, 11) is 1.64. The number of rotatable bonds is 10. The summed E-state index contributed by atoms with van der Waals surface area (Å²) in [5.41, 5.74) is 3.08. The number of imidazole rings is 1. The van der Waals surface area contributed by atoms with E-state index in [1.807, 2.05) is 85.8 Å². The molecule has 3 aromatic carbocycles. The van der Waals surface area contributed by atoms with Crippen molar-refractivity contribution in [3.8, 4) is 11.5 Å². The molecule has 1 amide bonds. The van der Waals surface area contributed by atoms with Gasteiger partial charge in [0.25, 0.3) is 0 Å². The van der Waals surface area contributed by atoms with Crippen molar-refractivity contribution in [3.63, 3.8) is 0 Å². The number of carbonyl (C=O) groups is 1. The Morgan fingerprint density at radius 3 is 2.42 bits per heavy atom. The van der Waals surface area contributed by atoms with Crippen LogP contribution in [0, 0.1) is 0 Å². The number of ether oxygens (including phenoxy) is 2. The zero-order valence-corrected chi connectivity index (χ0v) is 19.0. The first-order valence-electron chi connectivity index (χ1n) is 11.2. The van der Waals surface area contributed by atoms with E-state index in [2.05, 4.69) is 9.88 Å². The van der Waals surface area contributed by atoms with Gasteiger partial charge in [-0.25, -0.2) is 4.98 Å². The molecule has 4 rings (SSSR count). The van der Waals surface area contributed by atoms with E-state index >= 15 is 0 Å². The van der Waals surface area contributed by atoms with Crippen LogP contribution in [0.3, 0.4) is 0 Å². The molecular weight excluding hydrogens is 414 g/mol. The van der Waals surface area contributed by atoms with Crippen molar-refractivity contribution in [1.29, 1.82) is 0 Å². The van der Waals surface area contributed by atoms with Gasteiger partial charge in [0.2, 0.25) is 5.91 Å². The topological polar surface area (TPSA) is 65.4 Å². The highest BCUT2D eigenvalue weighted by Crippen LogP contribution is 2.22. The number of nitrogens with one attached hydrogen (secondary N) is 1. The van der Waals surface area contributed by atoms with Crippen LogP contribution in [0.4, 0.5) is 0 Å². The number of aromatic nitrogens is 2. The highest BCUT2D eigenvalue weighted by molar-refractivity contribution is 5.78. The molecule has 6 nitrogen and oxygen atoms in total. The molecular formula is C27H29N3O3. The van der Waals surface area contributed by atoms with E-state index in [4.69, 9.17) is 14.5 Å². The third-order valence-corrected chi connectivity index (χ3v) is 5.58. The minimum absolute atomic E-state index is 0.0134. The average Bonchev–Trinajstić information content (AvgIpc) is 3.23. The molecule has 1 heterocycles. The molecule has 33 heavy (non-hydrogen) atoms. The number of para-hydroxylation sites is 2. The number of aryl methyl sites for hydroxylation is 1. The summed E-state index contributed by atoms with van der Waals surface area (Å²) in [6.45, 7) is 3.07. The monoisotopic (exact) mass is 443 g/mol. The maximum Gasteiger partial charge on any atom is 0.220 e. The first-order valence-corrected chi connectivity index (χ1v) is 11.2. The number of carbonyl (C=O) groups excluding carboxylic acids is 1. The second kappa shape index (κ2) is 10.7. The van der Waals surface area contributed by atoms with Crippen LogP contribution in [0.2, 0.25) is 0 Å². The Hall–Kier alpha value is -3.80. The van der Waals surface area contributed by atoms with Crippen molar-refractivity contribution in [2.24, 2.45) is 0 Å². The van der Waals surface area contributed by atoms with Gasteiger partial charge in [-0.15, -0.1) is 0 Å². The minimum Gasteiger partial charge on any atom is -0.497 e. The fourth-order valence-corrected chi connectivity index (χ4v) is 3.87. The van der Waals surface area contributed by atoms with Gasteiger partial charge < -0.3 is 19.4 Å². The highest BCUT2D eigenvalue weighted by Gasteiger charge is 2.18. The van der Waals surface area contributed by atoms with E-state index in [0.29, 0.717) is 26.0 Å². The van der Waals surface area contributed by atoms with Crippen LogP contribution in [0.1, 0.15) is 30.8 Å². The number of amides is 1. The van der Waals surface area contributed by atoms with Gasteiger partial charge in [0.05, 0.1) is 30.7 Å². The predicted molar refractivity (Wildman–Crippen MR) is 130 cm³/mol. The maximum absolute atomic E-state index is 12.6. The maximum atomic E-state index is 12.6. The van der Waals surface area contributed by atoms with Gasteiger partial charge in [0, 0.05) is 6.42 Å². The molecule has 6 heteroatoms. The molecule has 0 aliphatic carbocycles. The summed E-state index contributed by atoms with van der Waals surface area (Å²) in [5.74, 6) is 2.41. The first-order chi connectivity index (χ1) is 16.1. The third kappa shape index (κ3) is 5.71. The Morgan fingerprint density at radius 2 is 1.67 bits per heavy atom. The van der Waals surface area contributed by atoms with E-state index in [-0.39, 0.29) is 11.9 Å². The lowest BCUT2D eigenvalue weighted by Crippen LogP contribution is -2.29. The van der Waals surface area contributed by atoms with E-state index in [9.17, 15) is 4.79 Å². The van der Waals surface area contributed by atoms with Crippen molar-refractivity contribution in [2.45, 2.75) is 32.4 Å². The van der Waals surface area contributed by atoms with Crippen molar-refractivity contribution in [2.75, 3.05) is 13.7 Å². The smallest absolute Gasteiger partial charge is 0.220 e. The van der Waals surface area contributed by atoms with Gasteiger partial charge in [0.1, 0.15) is 23.9 Å². The second-order valence-corrected chi connectivity index (χ2v) is 7.91. The van der Waals surface area contributed by atoms with Crippen LogP contribution in [-0.4, -0.2) is 29.2 Å². The summed E-state index contributed by atoms with van der Waals surface area (Å²) in [5, 5.41) is 3.11. The third-order valence-electron chi connectivity index (χ3n) is 5.58. The van der Waals surface area contributed by atoms with Gasteiger partial charge in [-0.1, -0.05) is 42.5 Å². The normalized spacial score (nSPS) is 11.8. The minimum atomic E-state index is -0.221. The Morgan fingerprint density at radius 1 is 0.970 bits per heavy atom. The number of hydrogen-bond donors (Lipinski definition) is 1. The molecule has 4 aromatic rings. The van der Waals surface area contributed by atoms with Crippen LogP contribution >= 0.6 is 0 Å². The lowest BCUT2D eigenvalue weighted by Gasteiger charge is -2.17. The molecule has 170 valence electrons. The molecule has 0 aliphatic heterocycles. The van der Waals surface area contributed by atoms with E-state index < -0.39 is 0 Å². The predicted octanol–water partition coefficient (Wildman–Crippen LogP) is 4.93. The Kier molecular flexibility index (Phi) is 7.25. The summed E-state index contributed by atoms with van der Waals surface area (Å²) in [6, 6.07) is 25.4.